The van der Waals surface area contributed by atoms with E-state index >= 15 is 0 Å². The molecule has 13 nitrogen and oxygen atoms in total. The zero-order chi connectivity index (χ0) is 30.6. The first-order valence-corrected chi connectivity index (χ1v) is 15.7. The number of hydrogen-bond donors (Lipinski definition) is 5. The van der Waals surface area contributed by atoms with Gasteiger partial charge in [0.2, 0.25) is 0 Å². The molecular formula is C27H27N3O10S2. The van der Waals surface area contributed by atoms with Crippen LogP contribution in [0, 0.1) is 0 Å². The molecule has 0 bridgehead atoms. The van der Waals surface area contributed by atoms with Gasteiger partial charge in [-0.05, 0) is 42.8 Å². The Bertz CT molecular complexity index is 1780. The first-order valence-electron chi connectivity index (χ1n) is 12.9. The number of rotatable bonds is 8. The second-order valence-electron chi connectivity index (χ2n) is 9.92. The molecule has 0 saturated carbocycles. The molecule has 0 aliphatic carbocycles. The van der Waals surface area contributed by atoms with Crippen molar-refractivity contribution in [2.24, 2.45) is 0 Å². The van der Waals surface area contributed by atoms with Crippen molar-refractivity contribution in [2.45, 2.75) is 48.0 Å². The fourth-order valence-electron chi connectivity index (χ4n) is 5.36. The van der Waals surface area contributed by atoms with Crippen LogP contribution in [0.4, 0.5) is 11.4 Å². The molecule has 1 spiro atoms. The summed E-state index contributed by atoms with van der Waals surface area (Å²) in [6.07, 6.45) is 3.80. The molecule has 2 aliphatic rings. The number of nitrogens with one attached hydrogen (secondary N) is 1. The van der Waals surface area contributed by atoms with Crippen LogP contribution in [0.25, 0.3) is 0 Å². The van der Waals surface area contributed by atoms with Crippen molar-refractivity contribution in [3.05, 3.63) is 70.3 Å². The summed E-state index contributed by atoms with van der Waals surface area (Å²) < 4.78 is 81.3. The molecular weight excluding hydrogens is 590 g/mol. The third kappa shape index (κ3) is 4.63. The summed E-state index contributed by atoms with van der Waals surface area (Å²) >= 11 is 0. The molecule has 2 heterocycles. The molecule has 222 valence electrons. The van der Waals surface area contributed by atoms with Crippen LogP contribution in [0.1, 0.15) is 70.0 Å². The van der Waals surface area contributed by atoms with E-state index in [0.717, 1.165) is 37.8 Å². The van der Waals surface area contributed by atoms with E-state index in [0.29, 0.717) is 6.54 Å². The molecule has 3 aromatic rings. The lowest BCUT2D eigenvalue weighted by atomic mass is 9.77. The van der Waals surface area contributed by atoms with Gasteiger partial charge in [-0.3, -0.25) is 13.9 Å². The van der Waals surface area contributed by atoms with Gasteiger partial charge >= 0.3 is 5.97 Å². The molecule has 0 saturated heterocycles. The van der Waals surface area contributed by atoms with E-state index in [1.54, 1.807) is 0 Å². The number of anilines is 2. The summed E-state index contributed by atoms with van der Waals surface area (Å²) in [4.78, 5) is 24.4. The molecule has 0 atom stereocenters. The van der Waals surface area contributed by atoms with E-state index in [4.69, 9.17) is 20.9 Å². The van der Waals surface area contributed by atoms with Crippen LogP contribution in [0.5, 0.6) is 11.5 Å². The predicted octanol–water partition coefficient (Wildman–Crippen LogP) is 3.22. The molecule has 0 aromatic heterocycles. The Hall–Kier alpha value is -4.18. The second kappa shape index (κ2) is 10.3. The van der Waals surface area contributed by atoms with Gasteiger partial charge in [-0.2, -0.15) is 16.8 Å². The molecule has 0 fully saturated rings. The highest BCUT2D eigenvalue weighted by atomic mass is 32.2. The number of ether oxygens (including phenoxy) is 2. The van der Waals surface area contributed by atoms with Crippen LogP contribution in [0.15, 0.2) is 52.3 Å². The van der Waals surface area contributed by atoms with Crippen molar-refractivity contribution in [1.82, 2.24) is 5.32 Å². The van der Waals surface area contributed by atoms with E-state index < -0.39 is 70.4 Å². The highest BCUT2D eigenvalue weighted by Crippen LogP contribution is 2.59. The van der Waals surface area contributed by atoms with Gasteiger partial charge in [-0.1, -0.05) is 32.3 Å². The third-order valence-electron chi connectivity index (χ3n) is 7.21. The molecule has 5 rings (SSSR count). The number of fused-ring (bicyclic) bond motifs is 6. The third-order valence-corrected chi connectivity index (χ3v) is 9.08. The van der Waals surface area contributed by atoms with Crippen LogP contribution < -0.4 is 21.5 Å². The number of benzene rings is 3. The Labute approximate surface area is 241 Å². The molecule has 1 amide bonds. The minimum atomic E-state index is -5.09. The SMILES string of the molecule is CCCCCCNC(=O)c1ccc2c(c1)C(=O)OC21c2ccc(N)c(S(=O)(=O)O)c2Oc2c1ccc(N)c2S(=O)(=O)O. The Kier molecular flexibility index (Phi) is 7.17. The summed E-state index contributed by atoms with van der Waals surface area (Å²) in [5.74, 6) is -2.64. The average Bonchev–Trinajstić information content (AvgIpc) is 3.18. The second-order valence-corrected chi connectivity index (χ2v) is 12.6. The number of amides is 1. The normalized spacial score (nSPS) is 14.9. The lowest BCUT2D eigenvalue weighted by Crippen LogP contribution is -2.34. The molecule has 15 heteroatoms. The van der Waals surface area contributed by atoms with Gasteiger partial charge in [0.15, 0.2) is 26.9 Å². The maximum absolute atomic E-state index is 13.4. The van der Waals surface area contributed by atoms with Crippen LogP contribution in [-0.2, 0) is 30.6 Å². The fourth-order valence-corrected chi connectivity index (χ4v) is 6.86. The molecule has 0 unspecified atom stereocenters. The lowest BCUT2D eigenvalue weighted by molar-refractivity contribution is 0.0221. The highest BCUT2D eigenvalue weighted by Gasteiger charge is 2.56. The summed E-state index contributed by atoms with van der Waals surface area (Å²) in [7, 11) is -10.2. The zero-order valence-corrected chi connectivity index (χ0v) is 23.8. The summed E-state index contributed by atoms with van der Waals surface area (Å²) in [5, 5.41) is 2.80. The number of carbonyl (C=O) groups is 2. The number of nitrogen functional groups attached to an aromatic ring is 2. The first kappa shape index (κ1) is 29.3. The number of esters is 1. The zero-order valence-electron chi connectivity index (χ0n) is 22.2. The fraction of sp³-hybridized carbons (Fsp3) is 0.259. The van der Waals surface area contributed by atoms with Crippen molar-refractivity contribution in [2.75, 3.05) is 18.0 Å². The monoisotopic (exact) mass is 617 g/mol. The highest BCUT2D eigenvalue weighted by molar-refractivity contribution is 7.86. The van der Waals surface area contributed by atoms with Gasteiger partial charge in [0.1, 0.15) is 0 Å². The van der Waals surface area contributed by atoms with Crippen molar-refractivity contribution in [3.8, 4) is 11.5 Å². The van der Waals surface area contributed by atoms with Gasteiger partial charge in [0.05, 0.1) is 16.9 Å². The Balaban J connectivity index is 1.75. The molecule has 3 aromatic carbocycles. The minimum absolute atomic E-state index is 0.0668. The maximum atomic E-state index is 13.4. The van der Waals surface area contributed by atoms with Gasteiger partial charge in [-0.25, -0.2) is 4.79 Å². The van der Waals surface area contributed by atoms with Crippen molar-refractivity contribution < 1.29 is 45.0 Å². The number of nitrogens with two attached hydrogens (primary N) is 2. The van der Waals surface area contributed by atoms with E-state index in [-0.39, 0.29) is 27.8 Å². The topological polar surface area (TPSA) is 225 Å². The smallest absolute Gasteiger partial charge is 0.340 e. The van der Waals surface area contributed by atoms with Crippen LogP contribution >= 0.6 is 0 Å². The predicted molar refractivity (Wildman–Crippen MR) is 150 cm³/mol. The Morgan fingerprint density at radius 2 is 1.40 bits per heavy atom. The minimum Gasteiger partial charge on any atom is -0.453 e. The van der Waals surface area contributed by atoms with Crippen LogP contribution in [-0.4, -0.2) is 44.4 Å². The summed E-state index contributed by atoms with van der Waals surface area (Å²) in [6, 6.07) is 9.04. The Morgan fingerprint density at radius 3 is 1.93 bits per heavy atom. The molecule has 42 heavy (non-hydrogen) atoms. The van der Waals surface area contributed by atoms with Gasteiger partial charge in [0, 0.05) is 28.8 Å². The number of unbranched alkanes of at least 4 members (excludes halogenated alkanes) is 3. The van der Waals surface area contributed by atoms with Crippen molar-refractivity contribution >= 4 is 43.5 Å². The lowest BCUT2D eigenvalue weighted by Gasteiger charge is -2.37. The van der Waals surface area contributed by atoms with Crippen LogP contribution in [0.3, 0.4) is 0 Å². The van der Waals surface area contributed by atoms with Gasteiger partial charge < -0.3 is 26.3 Å². The Morgan fingerprint density at radius 1 is 0.857 bits per heavy atom. The number of carbonyl (C=O) groups excluding carboxylic acids is 2. The molecule has 0 radical (unpaired) electrons. The summed E-state index contributed by atoms with van der Waals surface area (Å²) in [5.41, 5.74) is 8.72. The maximum Gasteiger partial charge on any atom is 0.340 e. The average molecular weight is 618 g/mol. The van der Waals surface area contributed by atoms with E-state index in [9.17, 15) is 35.5 Å². The number of hydrogen-bond acceptors (Lipinski definition) is 10. The van der Waals surface area contributed by atoms with Crippen LogP contribution in [0.2, 0.25) is 0 Å². The molecule has 2 aliphatic heterocycles. The van der Waals surface area contributed by atoms with E-state index in [1.165, 1.54) is 30.3 Å². The summed E-state index contributed by atoms with van der Waals surface area (Å²) in [6.45, 7) is 2.50. The van der Waals surface area contributed by atoms with Gasteiger partial charge in [0.25, 0.3) is 26.1 Å². The van der Waals surface area contributed by atoms with Crippen molar-refractivity contribution in [1.29, 1.82) is 0 Å². The first-order chi connectivity index (χ1) is 19.7. The van der Waals surface area contributed by atoms with Gasteiger partial charge in [-0.15, -0.1) is 0 Å². The standard InChI is InChI=1S/C27H27N3O10S2/c1-2-3-4-5-12-30-25(31)14-6-7-16-15(13-14)26(32)40-27(16)17-8-10-19(28)23(41(33,34)35)21(17)39-22-18(27)9-11-20(29)24(22)42(36,37)38/h6-11,13H,2-5,12,28-29H2,1H3,(H,30,31)(H,33,34,35)(H,36,37,38). The van der Waals surface area contributed by atoms with E-state index in [1.807, 2.05) is 0 Å². The molecule has 7 N–H and O–H groups in total. The van der Waals surface area contributed by atoms with Crippen molar-refractivity contribution in [3.63, 3.8) is 0 Å². The van der Waals surface area contributed by atoms with E-state index in [2.05, 4.69) is 12.2 Å². The quantitative estimate of drug-likeness (QED) is 0.106. The largest absolute Gasteiger partial charge is 0.453 e.